The first-order valence-corrected chi connectivity index (χ1v) is 5.23. The Bertz CT molecular complexity index is 336. The molecule has 0 bridgehead atoms. The smallest absolute Gasteiger partial charge is 0.325 e. The van der Waals surface area contributed by atoms with E-state index >= 15 is 0 Å². The number of morpholine rings is 1. The predicted octanol–water partition coefficient (Wildman–Crippen LogP) is 0.653. The Morgan fingerprint density at radius 3 is 3.25 bits per heavy atom. The van der Waals surface area contributed by atoms with E-state index in [0.717, 1.165) is 5.76 Å². The summed E-state index contributed by atoms with van der Waals surface area (Å²) < 4.78 is 15.3. The Kier molecular flexibility index (Phi) is 3.58. The largest absolute Gasteiger partial charge is 0.468 e. The molecule has 1 unspecified atom stereocenters. The quantitative estimate of drug-likeness (QED) is 0.707. The molecule has 5 heteroatoms. The van der Waals surface area contributed by atoms with E-state index < -0.39 is 0 Å². The van der Waals surface area contributed by atoms with Crippen LogP contribution >= 0.6 is 0 Å². The van der Waals surface area contributed by atoms with Crippen molar-refractivity contribution in [1.29, 1.82) is 0 Å². The molecule has 0 saturated carbocycles. The standard InChI is InChI=1S/C11H15NO4/c1-14-11(13)10-8-15-6-4-12(10)7-9-3-2-5-16-9/h2-3,5,10H,4,6-8H2,1H3. The number of nitrogens with zero attached hydrogens (tertiary/aromatic N) is 1. The lowest BCUT2D eigenvalue weighted by atomic mass is 10.2. The number of rotatable bonds is 3. The summed E-state index contributed by atoms with van der Waals surface area (Å²) in [6, 6.07) is 3.40. The fraction of sp³-hybridized carbons (Fsp3) is 0.545. The maximum Gasteiger partial charge on any atom is 0.325 e. The van der Waals surface area contributed by atoms with Crippen molar-refractivity contribution >= 4 is 5.97 Å². The number of ether oxygens (including phenoxy) is 2. The van der Waals surface area contributed by atoms with Gasteiger partial charge in [-0.2, -0.15) is 0 Å². The van der Waals surface area contributed by atoms with E-state index in [0.29, 0.717) is 26.3 Å². The van der Waals surface area contributed by atoms with Crippen LogP contribution in [0.3, 0.4) is 0 Å². The second-order valence-corrected chi connectivity index (χ2v) is 3.66. The highest BCUT2D eigenvalue weighted by molar-refractivity contribution is 5.75. The molecular formula is C11H15NO4. The SMILES string of the molecule is COC(=O)C1COCCN1Cc1ccco1. The van der Waals surface area contributed by atoms with Gasteiger partial charge in [0, 0.05) is 6.54 Å². The molecule has 0 aromatic carbocycles. The summed E-state index contributed by atoms with van der Waals surface area (Å²) in [5.74, 6) is 0.585. The molecule has 0 spiro atoms. The molecule has 88 valence electrons. The van der Waals surface area contributed by atoms with Gasteiger partial charge < -0.3 is 13.9 Å². The molecule has 1 saturated heterocycles. The molecule has 5 nitrogen and oxygen atoms in total. The van der Waals surface area contributed by atoms with Crippen LogP contribution in [-0.2, 0) is 20.8 Å². The highest BCUT2D eigenvalue weighted by Gasteiger charge is 2.30. The van der Waals surface area contributed by atoms with Crippen LogP contribution in [0.2, 0.25) is 0 Å². The first-order valence-electron chi connectivity index (χ1n) is 5.23. The van der Waals surface area contributed by atoms with Gasteiger partial charge in [0.25, 0.3) is 0 Å². The first-order chi connectivity index (χ1) is 7.81. The highest BCUT2D eigenvalue weighted by Crippen LogP contribution is 2.13. The van der Waals surface area contributed by atoms with Crippen LogP contribution in [0.4, 0.5) is 0 Å². The maximum atomic E-state index is 11.5. The Labute approximate surface area is 93.9 Å². The van der Waals surface area contributed by atoms with Crippen LogP contribution in [0, 0.1) is 0 Å². The van der Waals surface area contributed by atoms with Crippen molar-refractivity contribution in [2.24, 2.45) is 0 Å². The zero-order chi connectivity index (χ0) is 11.4. The van der Waals surface area contributed by atoms with Crippen molar-refractivity contribution in [3.8, 4) is 0 Å². The van der Waals surface area contributed by atoms with Crippen LogP contribution in [0.25, 0.3) is 0 Å². The molecule has 1 aromatic rings. The molecule has 1 fully saturated rings. The number of hydrogen-bond donors (Lipinski definition) is 0. The van der Waals surface area contributed by atoms with E-state index in [1.807, 2.05) is 17.0 Å². The second kappa shape index (κ2) is 5.14. The van der Waals surface area contributed by atoms with Gasteiger partial charge in [-0.25, -0.2) is 0 Å². The maximum absolute atomic E-state index is 11.5. The molecule has 0 radical (unpaired) electrons. The minimum atomic E-state index is -0.330. The Balaban J connectivity index is 2.02. The van der Waals surface area contributed by atoms with Crippen LogP contribution in [-0.4, -0.2) is 43.8 Å². The lowest BCUT2D eigenvalue weighted by molar-refractivity contribution is -0.153. The van der Waals surface area contributed by atoms with Crippen molar-refractivity contribution in [1.82, 2.24) is 4.90 Å². The van der Waals surface area contributed by atoms with E-state index in [4.69, 9.17) is 13.9 Å². The summed E-state index contributed by atoms with van der Waals surface area (Å²) >= 11 is 0. The van der Waals surface area contributed by atoms with E-state index in [9.17, 15) is 4.79 Å². The summed E-state index contributed by atoms with van der Waals surface area (Å²) in [6.45, 7) is 2.33. The summed E-state index contributed by atoms with van der Waals surface area (Å²) in [5, 5.41) is 0. The summed E-state index contributed by atoms with van der Waals surface area (Å²) in [4.78, 5) is 13.5. The molecule has 0 N–H and O–H groups in total. The van der Waals surface area contributed by atoms with Gasteiger partial charge in [-0.3, -0.25) is 9.69 Å². The van der Waals surface area contributed by atoms with E-state index in [2.05, 4.69) is 0 Å². The van der Waals surface area contributed by atoms with Gasteiger partial charge in [-0.15, -0.1) is 0 Å². The minimum Gasteiger partial charge on any atom is -0.468 e. The van der Waals surface area contributed by atoms with Gasteiger partial charge in [0.1, 0.15) is 11.8 Å². The van der Waals surface area contributed by atoms with Crippen molar-refractivity contribution in [3.05, 3.63) is 24.2 Å². The number of methoxy groups -OCH3 is 1. The third-order valence-electron chi connectivity index (χ3n) is 2.65. The van der Waals surface area contributed by atoms with Gasteiger partial charge in [-0.1, -0.05) is 0 Å². The van der Waals surface area contributed by atoms with E-state index in [-0.39, 0.29) is 12.0 Å². The fourth-order valence-corrected chi connectivity index (χ4v) is 1.78. The van der Waals surface area contributed by atoms with Gasteiger partial charge in [0.15, 0.2) is 0 Å². The zero-order valence-electron chi connectivity index (χ0n) is 9.22. The summed E-state index contributed by atoms with van der Waals surface area (Å²) in [6.07, 6.45) is 1.63. The molecule has 1 aliphatic heterocycles. The number of hydrogen-bond acceptors (Lipinski definition) is 5. The molecule has 1 aromatic heterocycles. The van der Waals surface area contributed by atoms with Gasteiger partial charge in [0.05, 0.1) is 33.1 Å². The average molecular weight is 225 g/mol. The van der Waals surface area contributed by atoms with Crippen molar-refractivity contribution < 1.29 is 18.7 Å². The van der Waals surface area contributed by atoms with Crippen molar-refractivity contribution in [3.63, 3.8) is 0 Å². The normalized spacial score (nSPS) is 21.9. The minimum absolute atomic E-state index is 0.258. The Morgan fingerprint density at radius 2 is 2.56 bits per heavy atom. The predicted molar refractivity (Wildman–Crippen MR) is 55.7 cm³/mol. The average Bonchev–Trinajstić information content (AvgIpc) is 2.82. The molecule has 0 amide bonds. The van der Waals surface area contributed by atoms with E-state index in [1.165, 1.54) is 7.11 Å². The summed E-state index contributed by atoms with van der Waals surface area (Å²) in [7, 11) is 1.39. The van der Waals surface area contributed by atoms with Crippen LogP contribution in [0.15, 0.2) is 22.8 Å². The fourth-order valence-electron chi connectivity index (χ4n) is 1.78. The molecule has 0 aliphatic carbocycles. The zero-order valence-corrected chi connectivity index (χ0v) is 9.22. The van der Waals surface area contributed by atoms with Gasteiger partial charge >= 0.3 is 5.97 Å². The molecular weight excluding hydrogens is 210 g/mol. The van der Waals surface area contributed by atoms with Crippen molar-refractivity contribution in [2.45, 2.75) is 12.6 Å². The van der Waals surface area contributed by atoms with Crippen molar-refractivity contribution in [2.75, 3.05) is 26.9 Å². The van der Waals surface area contributed by atoms with Crippen LogP contribution in [0.1, 0.15) is 5.76 Å². The summed E-state index contributed by atoms with van der Waals surface area (Å²) in [5.41, 5.74) is 0. The molecule has 1 aliphatic rings. The lowest BCUT2D eigenvalue weighted by Gasteiger charge is -2.32. The number of carbonyl (C=O) groups excluding carboxylic acids is 1. The van der Waals surface area contributed by atoms with E-state index in [1.54, 1.807) is 6.26 Å². The Hall–Kier alpha value is -1.33. The second-order valence-electron chi connectivity index (χ2n) is 3.66. The molecule has 2 heterocycles. The molecule has 16 heavy (non-hydrogen) atoms. The molecule has 2 rings (SSSR count). The van der Waals surface area contributed by atoms with Crippen LogP contribution < -0.4 is 0 Å². The first kappa shape index (κ1) is 11.2. The number of carbonyl (C=O) groups is 1. The lowest BCUT2D eigenvalue weighted by Crippen LogP contribution is -2.49. The monoisotopic (exact) mass is 225 g/mol. The number of esters is 1. The van der Waals surface area contributed by atoms with Gasteiger partial charge in [0.2, 0.25) is 0 Å². The Morgan fingerprint density at radius 1 is 1.69 bits per heavy atom. The third kappa shape index (κ3) is 2.43. The topological polar surface area (TPSA) is 51.9 Å². The third-order valence-corrected chi connectivity index (χ3v) is 2.65. The van der Waals surface area contributed by atoms with Gasteiger partial charge in [-0.05, 0) is 12.1 Å². The number of furan rings is 1. The highest BCUT2D eigenvalue weighted by atomic mass is 16.5. The molecule has 1 atom stereocenters. The van der Waals surface area contributed by atoms with Crippen LogP contribution in [0.5, 0.6) is 0 Å².